The van der Waals surface area contributed by atoms with Crippen LogP contribution in [0.1, 0.15) is 19.8 Å². The Morgan fingerprint density at radius 3 is 2.53 bits per heavy atom. The third-order valence-corrected chi connectivity index (χ3v) is 5.97. The van der Waals surface area contributed by atoms with Crippen molar-refractivity contribution in [1.29, 1.82) is 0 Å². The Balaban J connectivity index is 1.73. The van der Waals surface area contributed by atoms with E-state index in [-0.39, 0.29) is 29.3 Å². The molecule has 7 heteroatoms. The Bertz CT molecular complexity index is 1180. The standard InChI is InChI=1S/C25H28N2O5/c1-16-10-12-27(13-11-16)15-22(28)26-25-23(17-8-9-20(30-2)21(14-17)31-3)24(29)18-6-4-5-7-19(18)32-25/h4-9,14,16H,10-13,15H2,1-3H3,(H,26,28). The lowest BCUT2D eigenvalue weighted by Gasteiger charge is -2.29. The number of carbonyl (C=O) groups excluding carboxylic acids is 1. The van der Waals surface area contributed by atoms with Crippen molar-refractivity contribution in [3.63, 3.8) is 0 Å². The maximum atomic E-state index is 13.4. The summed E-state index contributed by atoms with van der Waals surface area (Å²) in [7, 11) is 3.08. The van der Waals surface area contributed by atoms with Crippen molar-refractivity contribution >= 4 is 22.8 Å². The van der Waals surface area contributed by atoms with Gasteiger partial charge < -0.3 is 13.9 Å². The first-order chi connectivity index (χ1) is 15.5. The third kappa shape index (κ3) is 4.48. The lowest BCUT2D eigenvalue weighted by atomic mass is 9.99. The minimum Gasteiger partial charge on any atom is -0.493 e. The number of nitrogens with one attached hydrogen (secondary N) is 1. The van der Waals surface area contributed by atoms with Crippen LogP contribution in [0.2, 0.25) is 0 Å². The highest BCUT2D eigenvalue weighted by Gasteiger charge is 2.22. The number of benzene rings is 2. The van der Waals surface area contributed by atoms with Gasteiger partial charge in [-0.1, -0.05) is 25.1 Å². The Morgan fingerprint density at radius 1 is 1.09 bits per heavy atom. The maximum Gasteiger partial charge on any atom is 0.240 e. The lowest BCUT2D eigenvalue weighted by Crippen LogP contribution is -2.38. The molecule has 4 rings (SSSR count). The molecule has 0 atom stereocenters. The molecule has 0 aliphatic carbocycles. The molecule has 2 aromatic carbocycles. The fourth-order valence-corrected chi connectivity index (χ4v) is 4.07. The molecule has 0 saturated carbocycles. The van der Waals surface area contributed by atoms with Gasteiger partial charge in [-0.05, 0) is 61.7 Å². The number of methoxy groups -OCH3 is 2. The molecule has 1 amide bonds. The van der Waals surface area contributed by atoms with Gasteiger partial charge in [-0.25, -0.2) is 0 Å². The average Bonchev–Trinajstić information content (AvgIpc) is 2.80. The van der Waals surface area contributed by atoms with Crippen molar-refractivity contribution in [1.82, 2.24) is 4.90 Å². The number of para-hydroxylation sites is 1. The molecule has 2 heterocycles. The quantitative estimate of drug-likeness (QED) is 0.625. The van der Waals surface area contributed by atoms with Crippen molar-refractivity contribution in [2.75, 3.05) is 39.2 Å². The summed E-state index contributed by atoms with van der Waals surface area (Å²) in [4.78, 5) is 28.4. The van der Waals surface area contributed by atoms with Crippen molar-refractivity contribution in [2.45, 2.75) is 19.8 Å². The van der Waals surface area contributed by atoms with Crippen molar-refractivity contribution in [3.8, 4) is 22.6 Å². The van der Waals surface area contributed by atoms with Gasteiger partial charge in [-0.2, -0.15) is 0 Å². The highest BCUT2D eigenvalue weighted by atomic mass is 16.5. The zero-order valence-corrected chi connectivity index (χ0v) is 18.6. The molecule has 1 saturated heterocycles. The fraction of sp³-hybridized carbons (Fsp3) is 0.360. The number of amides is 1. The molecule has 7 nitrogen and oxygen atoms in total. The topological polar surface area (TPSA) is 81.0 Å². The van der Waals surface area contributed by atoms with Gasteiger partial charge in [0.2, 0.25) is 17.2 Å². The number of piperidine rings is 1. The van der Waals surface area contributed by atoms with Crippen molar-refractivity contribution in [3.05, 3.63) is 52.7 Å². The van der Waals surface area contributed by atoms with Crippen molar-refractivity contribution in [2.24, 2.45) is 5.92 Å². The number of likely N-dealkylation sites (tertiary alicyclic amines) is 1. The van der Waals surface area contributed by atoms with Crippen LogP contribution >= 0.6 is 0 Å². The summed E-state index contributed by atoms with van der Waals surface area (Å²) in [5, 5.41) is 3.29. The highest BCUT2D eigenvalue weighted by molar-refractivity contribution is 5.97. The second-order valence-electron chi connectivity index (χ2n) is 8.21. The summed E-state index contributed by atoms with van der Waals surface area (Å²) in [6.07, 6.45) is 2.16. The number of hydrogen-bond donors (Lipinski definition) is 1. The molecular formula is C25H28N2O5. The Kier molecular flexibility index (Phi) is 6.46. The van der Waals surface area contributed by atoms with E-state index in [1.807, 2.05) is 0 Å². The van der Waals surface area contributed by atoms with Gasteiger partial charge in [0.15, 0.2) is 11.5 Å². The van der Waals surface area contributed by atoms with Crippen LogP contribution in [0.4, 0.5) is 5.88 Å². The van der Waals surface area contributed by atoms with Gasteiger partial charge >= 0.3 is 0 Å². The van der Waals surface area contributed by atoms with E-state index in [9.17, 15) is 9.59 Å². The molecule has 0 unspecified atom stereocenters. The minimum absolute atomic E-state index is 0.135. The summed E-state index contributed by atoms with van der Waals surface area (Å²) in [6, 6.07) is 12.2. The molecule has 0 spiro atoms. The van der Waals surface area contributed by atoms with Gasteiger partial charge in [0.05, 0.1) is 31.7 Å². The Labute approximate surface area is 186 Å². The van der Waals surface area contributed by atoms with E-state index in [1.165, 1.54) is 7.11 Å². The van der Waals surface area contributed by atoms with Crippen LogP contribution in [-0.2, 0) is 4.79 Å². The van der Waals surface area contributed by atoms with Crippen LogP contribution in [0.15, 0.2) is 51.7 Å². The summed E-state index contributed by atoms with van der Waals surface area (Å²) in [5.41, 5.74) is 1.06. The number of ether oxygens (including phenoxy) is 2. The zero-order valence-electron chi connectivity index (χ0n) is 18.6. The molecule has 0 bridgehead atoms. The number of rotatable bonds is 6. The van der Waals surface area contributed by atoms with Crippen LogP contribution in [-0.4, -0.2) is 44.7 Å². The van der Waals surface area contributed by atoms with Crippen LogP contribution in [0.25, 0.3) is 22.1 Å². The molecule has 1 aromatic heterocycles. The second kappa shape index (κ2) is 9.44. The molecule has 1 N–H and O–H groups in total. The predicted molar refractivity (Wildman–Crippen MR) is 124 cm³/mol. The first-order valence-corrected chi connectivity index (χ1v) is 10.8. The number of hydrogen-bond acceptors (Lipinski definition) is 6. The van der Waals surface area contributed by atoms with E-state index in [0.29, 0.717) is 33.9 Å². The fourth-order valence-electron chi connectivity index (χ4n) is 4.07. The van der Waals surface area contributed by atoms with Crippen molar-refractivity contribution < 1.29 is 18.7 Å². The maximum absolute atomic E-state index is 13.4. The summed E-state index contributed by atoms with van der Waals surface area (Å²) >= 11 is 0. The average molecular weight is 437 g/mol. The molecular weight excluding hydrogens is 408 g/mol. The number of nitrogens with zero attached hydrogens (tertiary/aromatic N) is 1. The van der Waals surface area contributed by atoms with E-state index < -0.39 is 0 Å². The number of fused-ring (bicyclic) bond motifs is 1. The van der Waals surface area contributed by atoms with Gasteiger partial charge in [-0.15, -0.1) is 0 Å². The van der Waals surface area contributed by atoms with E-state index in [1.54, 1.807) is 49.6 Å². The van der Waals surface area contributed by atoms with Crippen LogP contribution < -0.4 is 20.2 Å². The molecule has 1 aliphatic heterocycles. The number of anilines is 1. The molecule has 168 valence electrons. The summed E-state index contributed by atoms with van der Waals surface area (Å²) in [6.45, 7) is 4.27. The van der Waals surface area contributed by atoms with E-state index >= 15 is 0 Å². The first-order valence-electron chi connectivity index (χ1n) is 10.8. The van der Waals surface area contributed by atoms with Gasteiger partial charge in [0.25, 0.3) is 0 Å². The lowest BCUT2D eigenvalue weighted by molar-refractivity contribution is -0.117. The second-order valence-corrected chi connectivity index (χ2v) is 8.21. The first kappa shape index (κ1) is 21.9. The molecule has 3 aromatic rings. The van der Waals surface area contributed by atoms with Crippen LogP contribution in [0.5, 0.6) is 11.5 Å². The van der Waals surface area contributed by atoms with Crippen LogP contribution in [0.3, 0.4) is 0 Å². The molecule has 1 aliphatic rings. The highest BCUT2D eigenvalue weighted by Crippen LogP contribution is 2.35. The monoisotopic (exact) mass is 436 g/mol. The SMILES string of the molecule is COc1ccc(-c2c(NC(=O)CN3CCC(C)CC3)oc3ccccc3c2=O)cc1OC. The van der Waals surface area contributed by atoms with Gasteiger partial charge in [0.1, 0.15) is 5.58 Å². The number of carbonyl (C=O) groups is 1. The Hall–Kier alpha value is -3.32. The zero-order chi connectivity index (χ0) is 22.7. The summed E-state index contributed by atoms with van der Waals surface area (Å²) < 4.78 is 16.7. The summed E-state index contributed by atoms with van der Waals surface area (Å²) in [5.74, 6) is 1.64. The normalized spacial score (nSPS) is 15.0. The molecule has 0 radical (unpaired) electrons. The van der Waals surface area contributed by atoms with E-state index in [4.69, 9.17) is 13.9 Å². The smallest absolute Gasteiger partial charge is 0.240 e. The van der Waals surface area contributed by atoms with Gasteiger partial charge in [0, 0.05) is 0 Å². The minimum atomic E-state index is -0.221. The molecule has 32 heavy (non-hydrogen) atoms. The largest absolute Gasteiger partial charge is 0.493 e. The third-order valence-electron chi connectivity index (χ3n) is 5.97. The van der Waals surface area contributed by atoms with Gasteiger partial charge in [-0.3, -0.25) is 19.8 Å². The van der Waals surface area contributed by atoms with E-state index in [2.05, 4.69) is 17.1 Å². The van der Waals surface area contributed by atoms with Crippen LogP contribution in [0, 0.1) is 5.92 Å². The predicted octanol–water partition coefficient (Wildman–Crippen LogP) is 4.15. The molecule has 1 fully saturated rings. The van der Waals surface area contributed by atoms with E-state index in [0.717, 1.165) is 25.9 Å². The Morgan fingerprint density at radius 2 is 1.81 bits per heavy atom.